The fourth-order valence-corrected chi connectivity index (χ4v) is 2.91. The van der Waals surface area contributed by atoms with E-state index < -0.39 is 0 Å². The second kappa shape index (κ2) is 8.62. The maximum absolute atomic E-state index is 12.3. The van der Waals surface area contributed by atoms with Crippen molar-refractivity contribution >= 4 is 40.0 Å². The quantitative estimate of drug-likeness (QED) is 0.437. The van der Waals surface area contributed by atoms with Crippen molar-refractivity contribution in [2.24, 2.45) is 0 Å². The Morgan fingerprint density at radius 1 is 0.846 bits per heavy atom. The van der Waals surface area contributed by atoms with Gasteiger partial charge in [-0.1, -0.05) is 36.4 Å². The molecule has 3 aromatic rings. The highest BCUT2D eigenvalue weighted by atomic mass is 127. The van der Waals surface area contributed by atoms with Crippen LogP contribution in [0.3, 0.4) is 0 Å². The first kappa shape index (κ1) is 18.1. The molecule has 5 heteroatoms. The molecular formula is C21H16INO3. The third kappa shape index (κ3) is 4.92. The number of amides is 1. The molecule has 130 valence electrons. The van der Waals surface area contributed by atoms with E-state index in [-0.39, 0.29) is 18.3 Å². The van der Waals surface area contributed by atoms with Crippen LogP contribution < -0.4 is 10.1 Å². The predicted molar refractivity (Wildman–Crippen MR) is 110 cm³/mol. The fourth-order valence-electron chi connectivity index (χ4n) is 2.37. The van der Waals surface area contributed by atoms with Crippen LogP contribution in [0.25, 0.3) is 0 Å². The number of rotatable bonds is 6. The molecule has 0 bridgehead atoms. The van der Waals surface area contributed by atoms with Gasteiger partial charge in [-0.25, -0.2) is 0 Å². The molecule has 0 saturated carbocycles. The number of hydrogen-bond donors (Lipinski definition) is 1. The van der Waals surface area contributed by atoms with Crippen molar-refractivity contribution in [3.8, 4) is 5.75 Å². The van der Waals surface area contributed by atoms with Crippen molar-refractivity contribution in [2.75, 3.05) is 11.9 Å². The van der Waals surface area contributed by atoms with Gasteiger partial charge in [0.05, 0.1) is 0 Å². The molecule has 0 fully saturated rings. The summed E-state index contributed by atoms with van der Waals surface area (Å²) in [6.45, 7) is -0.0998. The first-order chi connectivity index (χ1) is 12.6. The number of benzene rings is 3. The summed E-state index contributed by atoms with van der Waals surface area (Å²) >= 11 is 2.19. The molecule has 0 aliphatic carbocycles. The van der Waals surface area contributed by atoms with E-state index in [0.29, 0.717) is 16.9 Å². The zero-order valence-electron chi connectivity index (χ0n) is 13.8. The van der Waals surface area contributed by atoms with Gasteiger partial charge in [0.1, 0.15) is 5.75 Å². The Bertz CT molecular complexity index is 908. The zero-order valence-corrected chi connectivity index (χ0v) is 16.0. The summed E-state index contributed by atoms with van der Waals surface area (Å²) in [5.41, 5.74) is 1.94. The van der Waals surface area contributed by atoms with E-state index in [9.17, 15) is 9.59 Å². The Morgan fingerprint density at radius 2 is 1.54 bits per heavy atom. The average Bonchev–Trinajstić information content (AvgIpc) is 2.67. The summed E-state index contributed by atoms with van der Waals surface area (Å²) in [6, 6.07) is 23.4. The number of halogens is 1. The van der Waals surface area contributed by atoms with Gasteiger partial charge < -0.3 is 10.1 Å². The van der Waals surface area contributed by atoms with Crippen LogP contribution in [-0.2, 0) is 4.79 Å². The van der Waals surface area contributed by atoms with Crippen LogP contribution in [0.2, 0.25) is 0 Å². The Kier molecular flexibility index (Phi) is 6.01. The van der Waals surface area contributed by atoms with Crippen LogP contribution in [-0.4, -0.2) is 18.3 Å². The molecule has 1 amide bonds. The van der Waals surface area contributed by atoms with E-state index in [1.165, 1.54) is 0 Å². The number of nitrogens with one attached hydrogen (secondary N) is 1. The number of ketones is 1. The SMILES string of the molecule is O=C(COc1ccc(C(=O)c2ccccc2)cc1)Nc1cccc(I)c1. The average molecular weight is 457 g/mol. The molecule has 26 heavy (non-hydrogen) atoms. The first-order valence-corrected chi connectivity index (χ1v) is 9.08. The maximum atomic E-state index is 12.3. The highest BCUT2D eigenvalue weighted by Crippen LogP contribution is 2.16. The minimum atomic E-state index is -0.239. The Balaban J connectivity index is 1.56. The zero-order chi connectivity index (χ0) is 18.4. The van der Waals surface area contributed by atoms with E-state index >= 15 is 0 Å². The lowest BCUT2D eigenvalue weighted by Crippen LogP contribution is -2.20. The molecule has 0 aliphatic heterocycles. The summed E-state index contributed by atoms with van der Waals surface area (Å²) in [5.74, 6) is 0.248. The van der Waals surface area contributed by atoms with E-state index in [1.807, 2.05) is 42.5 Å². The van der Waals surface area contributed by atoms with Gasteiger partial charge in [-0.2, -0.15) is 0 Å². The van der Waals surface area contributed by atoms with Crippen molar-refractivity contribution in [3.63, 3.8) is 0 Å². The number of ether oxygens (including phenoxy) is 1. The molecule has 1 N–H and O–H groups in total. The second-order valence-electron chi connectivity index (χ2n) is 5.57. The monoisotopic (exact) mass is 457 g/mol. The van der Waals surface area contributed by atoms with Crippen LogP contribution in [0.5, 0.6) is 5.75 Å². The Morgan fingerprint density at radius 3 is 2.23 bits per heavy atom. The van der Waals surface area contributed by atoms with Crippen molar-refractivity contribution < 1.29 is 14.3 Å². The Hall–Kier alpha value is -2.67. The highest BCUT2D eigenvalue weighted by Gasteiger charge is 2.09. The van der Waals surface area contributed by atoms with Crippen LogP contribution in [0.1, 0.15) is 15.9 Å². The molecule has 3 rings (SSSR count). The van der Waals surface area contributed by atoms with E-state index in [2.05, 4.69) is 27.9 Å². The van der Waals surface area contributed by atoms with E-state index in [4.69, 9.17) is 4.74 Å². The lowest BCUT2D eigenvalue weighted by molar-refractivity contribution is -0.118. The summed E-state index contributed by atoms with van der Waals surface area (Å²) in [7, 11) is 0. The molecule has 0 aromatic heterocycles. The highest BCUT2D eigenvalue weighted by molar-refractivity contribution is 14.1. The van der Waals surface area contributed by atoms with E-state index in [0.717, 1.165) is 9.26 Å². The van der Waals surface area contributed by atoms with Gasteiger partial charge in [-0.3, -0.25) is 9.59 Å². The fraction of sp³-hybridized carbons (Fsp3) is 0.0476. The van der Waals surface area contributed by atoms with Gasteiger partial charge in [0.25, 0.3) is 5.91 Å². The van der Waals surface area contributed by atoms with Gasteiger partial charge in [0.15, 0.2) is 12.4 Å². The summed E-state index contributed by atoms with van der Waals surface area (Å²) in [4.78, 5) is 24.3. The summed E-state index contributed by atoms with van der Waals surface area (Å²) in [5, 5.41) is 2.78. The number of hydrogen-bond acceptors (Lipinski definition) is 3. The normalized spacial score (nSPS) is 10.2. The van der Waals surface area contributed by atoms with Gasteiger partial charge in [0, 0.05) is 20.4 Å². The standard InChI is InChI=1S/C21H16INO3/c22-17-7-4-8-18(13-17)23-20(24)14-26-19-11-9-16(10-12-19)21(25)15-5-2-1-3-6-15/h1-13H,14H2,(H,23,24). The molecule has 0 heterocycles. The molecule has 0 radical (unpaired) electrons. The summed E-state index contributed by atoms with van der Waals surface area (Å²) in [6.07, 6.45) is 0. The lowest BCUT2D eigenvalue weighted by atomic mass is 10.0. The van der Waals surface area contributed by atoms with Gasteiger partial charge >= 0.3 is 0 Å². The molecule has 0 aliphatic rings. The molecule has 0 saturated heterocycles. The minimum Gasteiger partial charge on any atom is -0.484 e. The molecular weight excluding hydrogens is 441 g/mol. The van der Waals surface area contributed by atoms with E-state index in [1.54, 1.807) is 36.4 Å². The van der Waals surface area contributed by atoms with Crippen LogP contribution in [0.4, 0.5) is 5.69 Å². The molecule has 0 unspecified atom stereocenters. The topological polar surface area (TPSA) is 55.4 Å². The molecule has 3 aromatic carbocycles. The third-order valence-corrected chi connectivity index (χ3v) is 4.30. The third-order valence-electron chi connectivity index (χ3n) is 3.63. The van der Waals surface area contributed by atoms with Gasteiger partial charge in [0.2, 0.25) is 0 Å². The molecule has 0 spiro atoms. The van der Waals surface area contributed by atoms with Crippen LogP contribution in [0.15, 0.2) is 78.9 Å². The molecule has 4 nitrogen and oxygen atoms in total. The minimum absolute atomic E-state index is 0.0476. The predicted octanol–water partition coefficient (Wildman–Crippen LogP) is 4.54. The first-order valence-electron chi connectivity index (χ1n) is 8.00. The largest absolute Gasteiger partial charge is 0.484 e. The van der Waals surface area contributed by atoms with Gasteiger partial charge in [-0.15, -0.1) is 0 Å². The number of carbonyl (C=O) groups excluding carboxylic acids is 2. The smallest absolute Gasteiger partial charge is 0.262 e. The number of carbonyl (C=O) groups is 2. The van der Waals surface area contributed by atoms with Crippen molar-refractivity contribution in [3.05, 3.63) is 93.6 Å². The second-order valence-corrected chi connectivity index (χ2v) is 6.81. The molecule has 0 atom stereocenters. The van der Waals surface area contributed by atoms with Crippen LogP contribution in [0, 0.1) is 3.57 Å². The van der Waals surface area contributed by atoms with Crippen molar-refractivity contribution in [2.45, 2.75) is 0 Å². The van der Waals surface area contributed by atoms with Crippen molar-refractivity contribution in [1.82, 2.24) is 0 Å². The lowest BCUT2D eigenvalue weighted by Gasteiger charge is -2.08. The van der Waals surface area contributed by atoms with Crippen LogP contribution >= 0.6 is 22.6 Å². The number of anilines is 1. The maximum Gasteiger partial charge on any atom is 0.262 e. The van der Waals surface area contributed by atoms with Crippen molar-refractivity contribution in [1.29, 1.82) is 0 Å². The summed E-state index contributed by atoms with van der Waals surface area (Å²) < 4.78 is 6.53. The van der Waals surface area contributed by atoms with Gasteiger partial charge in [-0.05, 0) is 65.1 Å². The Labute approximate surface area is 165 Å².